The number of nitrogens with zero attached hydrogens (tertiary/aromatic N) is 2. The van der Waals surface area contributed by atoms with E-state index < -0.39 is 6.16 Å². The summed E-state index contributed by atoms with van der Waals surface area (Å²) >= 11 is 1.54. The summed E-state index contributed by atoms with van der Waals surface area (Å²) in [5.74, 6) is 1.16. The molecule has 1 aromatic carbocycles. The number of aromatic nitrogens is 2. The highest BCUT2D eigenvalue weighted by molar-refractivity contribution is 7.20. The van der Waals surface area contributed by atoms with Crippen LogP contribution in [0.5, 0.6) is 11.6 Å². The average molecular weight is 501 g/mol. The minimum Gasteiger partial charge on any atom is -0.494 e. The predicted octanol–water partition coefficient (Wildman–Crippen LogP) is 8.68. The van der Waals surface area contributed by atoms with E-state index in [2.05, 4.69) is 31.0 Å². The number of benzene rings is 1. The van der Waals surface area contributed by atoms with Crippen molar-refractivity contribution in [2.45, 2.75) is 90.9 Å². The van der Waals surface area contributed by atoms with E-state index in [4.69, 9.17) is 14.2 Å². The summed E-state index contributed by atoms with van der Waals surface area (Å²) in [6, 6.07) is 8.17. The SMILES string of the molecule is CCCCCCCCOC(=O)Oc1cn2cc(-c3ccc(OCCCCCCCC)cc3)sc2n1. The number of rotatable bonds is 17. The van der Waals surface area contributed by atoms with Crippen molar-refractivity contribution >= 4 is 22.5 Å². The average Bonchev–Trinajstić information content (AvgIpc) is 3.42. The van der Waals surface area contributed by atoms with Gasteiger partial charge < -0.3 is 14.2 Å². The highest BCUT2D eigenvalue weighted by atomic mass is 32.1. The van der Waals surface area contributed by atoms with Crippen molar-refractivity contribution in [1.82, 2.24) is 9.38 Å². The van der Waals surface area contributed by atoms with E-state index in [9.17, 15) is 4.79 Å². The van der Waals surface area contributed by atoms with Gasteiger partial charge in [-0.05, 0) is 42.7 Å². The standard InChI is InChI=1S/C28H40N2O4S/c1-3-5-7-9-11-13-19-32-24-17-15-23(16-18-24)25-21-30-22-26(29-27(30)35-25)34-28(31)33-20-14-12-10-8-6-4-2/h15-18,21-22H,3-14,19-20H2,1-2H3. The van der Waals surface area contributed by atoms with Crippen LogP contribution in [0.2, 0.25) is 0 Å². The molecule has 0 saturated carbocycles. The lowest BCUT2D eigenvalue weighted by atomic mass is 10.1. The first-order chi connectivity index (χ1) is 17.2. The normalized spacial score (nSPS) is 11.1. The molecule has 0 N–H and O–H groups in total. The van der Waals surface area contributed by atoms with Gasteiger partial charge in [-0.2, -0.15) is 4.98 Å². The number of hydrogen-bond acceptors (Lipinski definition) is 6. The Morgan fingerprint density at radius 3 is 2.11 bits per heavy atom. The minimum absolute atomic E-state index is 0.259. The molecule has 35 heavy (non-hydrogen) atoms. The van der Waals surface area contributed by atoms with E-state index in [1.807, 2.05) is 22.7 Å². The zero-order chi connectivity index (χ0) is 24.7. The van der Waals surface area contributed by atoms with Crippen molar-refractivity contribution in [2.75, 3.05) is 13.2 Å². The first kappa shape index (κ1) is 27.1. The molecule has 7 heteroatoms. The topological polar surface area (TPSA) is 62.1 Å². The second-order valence-electron chi connectivity index (χ2n) is 8.97. The molecule has 2 aromatic heterocycles. The number of hydrogen-bond donors (Lipinski definition) is 0. The van der Waals surface area contributed by atoms with Crippen LogP contribution in [0.25, 0.3) is 15.4 Å². The van der Waals surface area contributed by atoms with Gasteiger partial charge in [0.25, 0.3) is 0 Å². The summed E-state index contributed by atoms with van der Waals surface area (Å²) in [5.41, 5.74) is 1.10. The molecule has 0 aliphatic rings. The van der Waals surface area contributed by atoms with E-state index in [-0.39, 0.29) is 5.88 Å². The molecule has 0 atom stereocenters. The van der Waals surface area contributed by atoms with Crippen LogP contribution in [0.15, 0.2) is 36.7 Å². The van der Waals surface area contributed by atoms with Gasteiger partial charge in [0.1, 0.15) is 5.75 Å². The largest absolute Gasteiger partial charge is 0.515 e. The molecule has 0 spiro atoms. The summed E-state index contributed by atoms with van der Waals surface area (Å²) in [6.45, 7) is 5.59. The maximum Gasteiger partial charge on any atom is 0.515 e. The van der Waals surface area contributed by atoms with Crippen LogP contribution in [0, 0.1) is 0 Å². The summed E-state index contributed by atoms with van der Waals surface area (Å²) in [4.78, 5) is 18.2. The Hall–Kier alpha value is -2.54. The number of carbonyl (C=O) groups excluding carboxylic acids is 1. The van der Waals surface area contributed by atoms with Crippen molar-refractivity contribution in [1.29, 1.82) is 0 Å². The van der Waals surface area contributed by atoms with E-state index in [0.29, 0.717) is 6.61 Å². The minimum atomic E-state index is -0.693. The zero-order valence-corrected chi connectivity index (χ0v) is 22.1. The molecule has 0 amide bonds. The summed E-state index contributed by atoms with van der Waals surface area (Å²) in [7, 11) is 0. The summed E-state index contributed by atoms with van der Waals surface area (Å²) in [6.07, 6.45) is 17.4. The third-order valence-corrected chi connectivity index (χ3v) is 6.99. The van der Waals surface area contributed by atoms with Crippen LogP contribution in [0.4, 0.5) is 4.79 Å². The third-order valence-electron chi connectivity index (χ3n) is 5.94. The van der Waals surface area contributed by atoms with Gasteiger partial charge in [0.2, 0.25) is 5.88 Å². The zero-order valence-electron chi connectivity index (χ0n) is 21.3. The second kappa shape index (κ2) is 15.5. The van der Waals surface area contributed by atoms with Crippen molar-refractivity contribution in [3.8, 4) is 22.1 Å². The highest BCUT2D eigenvalue weighted by Crippen LogP contribution is 2.31. The second-order valence-corrected chi connectivity index (χ2v) is 9.98. The van der Waals surface area contributed by atoms with Crippen molar-refractivity contribution in [3.05, 3.63) is 36.7 Å². The van der Waals surface area contributed by atoms with Crippen LogP contribution < -0.4 is 9.47 Å². The van der Waals surface area contributed by atoms with E-state index in [1.54, 1.807) is 17.5 Å². The molecule has 3 aromatic rings. The van der Waals surface area contributed by atoms with Gasteiger partial charge >= 0.3 is 6.16 Å². The number of fused-ring (bicyclic) bond motifs is 1. The van der Waals surface area contributed by atoms with Crippen LogP contribution in [0.1, 0.15) is 90.9 Å². The summed E-state index contributed by atoms with van der Waals surface area (Å²) in [5, 5.41) is 0. The van der Waals surface area contributed by atoms with E-state index in [1.165, 1.54) is 57.8 Å². The number of ether oxygens (including phenoxy) is 3. The Kier molecular flexibility index (Phi) is 11.9. The number of thiazole rings is 1. The maximum absolute atomic E-state index is 11.9. The van der Waals surface area contributed by atoms with E-state index >= 15 is 0 Å². The molecule has 192 valence electrons. The van der Waals surface area contributed by atoms with Gasteiger partial charge in [-0.25, -0.2) is 4.79 Å². The Morgan fingerprint density at radius 2 is 1.46 bits per heavy atom. The van der Waals surface area contributed by atoms with Gasteiger partial charge in [0.05, 0.1) is 24.3 Å². The van der Waals surface area contributed by atoms with Gasteiger partial charge in [-0.15, -0.1) is 0 Å². The highest BCUT2D eigenvalue weighted by Gasteiger charge is 2.13. The monoisotopic (exact) mass is 500 g/mol. The molecule has 0 saturated heterocycles. The van der Waals surface area contributed by atoms with Gasteiger partial charge in [0, 0.05) is 6.20 Å². The fourth-order valence-corrected chi connectivity index (χ4v) is 4.86. The molecule has 0 radical (unpaired) electrons. The first-order valence-corrected chi connectivity index (χ1v) is 14.1. The number of unbranched alkanes of at least 4 members (excludes halogenated alkanes) is 10. The van der Waals surface area contributed by atoms with Crippen molar-refractivity contribution < 1.29 is 19.0 Å². The van der Waals surface area contributed by atoms with Crippen molar-refractivity contribution in [2.24, 2.45) is 0 Å². The fraction of sp³-hybridized carbons (Fsp3) is 0.571. The smallest absolute Gasteiger partial charge is 0.494 e. The van der Waals surface area contributed by atoms with Crippen LogP contribution in [-0.4, -0.2) is 28.8 Å². The first-order valence-electron chi connectivity index (χ1n) is 13.3. The van der Waals surface area contributed by atoms with Gasteiger partial charge in [0.15, 0.2) is 4.96 Å². The molecule has 0 bridgehead atoms. The van der Waals surface area contributed by atoms with Gasteiger partial charge in [-0.3, -0.25) is 4.40 Å². The Bertz CT molecular complexity index is 965. The fourth-order valence-electron chi connectivity index (χ4n) is 3.90. The lowest BCUT2D eigenvalue weighted by molar-refractivity contribution is 0.0959. The lowest BCUT2D eigenvalue weighted by Gasteiger charge is -2.06. The quantitative estimate of drug-likeness (QED) is 0.137. The molecule has 0 unspecified atom stereocenters. The third kappa shape index (κ3) is 9.55. The Balaban J connectivity index is 1.39. The van der Waals surface area contributed by atoms with E-state index in [0.717, 1.165) is 47.0 Å². The maximum atomic E-state index is 11.9. The molecule has 0 fully saturated rings. The Labute approximate surface area is 213 Å². The van der Waals surface area contributed by atoms with Crippen LogP contribution in [-0.2, 0) is 4.74 Å². The number of imidazole rings is 1. The predicted molar refractivity (Wildman–Crippen MR) is 143 cm³/mol. The molecule has 6 nitrogen and oxygen atoms in total. The lowest BCUT2D eigenvalue weighted by Crippen LogP contribution is -2.11. The van der Waals surface area contributed by atoms with Crippen LogP contribution >= 0.6 is 11.3 Å². The molecular formula is C28H40N2O4S. The van der Waals surface area contributed by atoms with Gasteiger partial charge in [-0.1, -0.05) is 89.4 Å². The van der Waals surface area contributed by atoms with Crippen molar-refractivity contribution in [3.63, 3.8) is 0 Å². The molecule has 0 aliphatic carbocycles. The summed E-state index contributed by atoms with van der Waals surface area (Å²) < 4.78 is 18.2. The molecule has 3 rings (SSSR count). The Morgan fingerprint density at radius 1 is 0.829 bits per heavy atom. The molecule has 2 heterocycles. The number of carbonyl (C=O) groups is 1. The van der Waals surface area contributed by atoms with Crippen LogP contribution in [0.3, 0.4) is 0 Å². The molecule has 0 aliphatic heterocycles. The molecular weight excluding hydrogens is 460 g/mol.